The van der Waals surface area contributed by atoms with Crippen LogP contribution in [0.3, 0.4) is 0 Å². The van der Waals surface area contributed by atoms with Gasteiger partial charge in [-0.1, -0.05) is 30.5 Å². The molecule has 0 heterocycles. The van der Waals surface area contributed by atoms with Crippen LogP contribution in [0.1, 0.15) is 25.7 Å². The summed E-state index contributed by atoms with van der Waals surface area (Å²) in [6.07, 6.45) is 4.99. The molecule has 0 atom stereocenters. The van der Waals surface area contributed by atoms with Crippen molar-refractivity contribution < 1.29 is 4.92 Å². The van der Waals surface area contributed by atoms with Crippen molar-refractivity contribution in [1.82, 2.24) is 0 Å². The van der Waals surface area contributed by atoms with Crippen LogP contribution in [0.15, 0.2) is 18.2 Å². The minimum absolute atomic E-state index is 0.0136. The molecule has 2 rings (SSSR count). The van der Waals surface area contributed by atoms with Gasteiger partial charge in [0, 0.05) is 13.6 Å². The molecule has 1 saturated carbocycles. The smallest absolute Gasteiger partial charge is 0.310 e. The lowest BCUT2D eigenvalue weighted by molar-refractivity contribution is -0.384. The van der Waals surface area contributed by atoms with Crippen LogP contribution in [-0.4, -0.2) is 18.5 Å². The minimum Gasteiger partial charge on any atom is -0.369 e. The van der Waals surface area contributed by atoms with E-state index in [-0.39, 0.29) is 10.7 Å². The molecule has 1 aliphatic rings. The first-order valence-electron chi connectivity index (χ1n) is 6.23. The van der Waals surface area contributed by atoms with Gasteiger partial charge < -0.3 is 4.90 Å². The number of nitro benzene ring substituents is 1. The van der Waals surface area contributed by atoms with Crippen LogP contribution in [0.25, 0.3) is 0 Å². The van der Waals surface area contributed by atoms with Gasteiger partial charge in [0.25, 0.3) is 0 Å². The number of benzene rings is 1. The van der Waals surface area contributed by atoms with Gasteiger partial charge in [-0.05, 0) is 30.9 Å². The summed E-state index contributed by atoms with van der Waals surface area (Å²) in [5.74, 6) is 0.647. The van der Waals surface area contributed by atoms with Crippen molar-refractivity contribution in [2.24, 2.45) is 5.92 Å². The second-order valence-corrected chi connectivity index (χ2v) is 5.30. The molecule has 5 heteroatoms. The Bertz CT molecular complexity index is 445. The van der Waals surface area contributed by atoms with E-state index in [4.69, 9.17) is 11.6 Å². The number of hydrogen-bond acceptors (Lipinski definition) is 3. The Balaban J connectivity index is 2.20. The standard InChI is InChI=1S/C13H17ClN2O2/c1-15(9-10-5-2-3-6-10)12-8-4-7-11(14)13(12)16(17)18/h4,7-8,10H,2-3,5-6,9H2,1H3. The van der Waals surface area contributed by atoms with Crippen molar-refractivity contribution in [1.29, 1.82) is 0 Å². The van der Waals surface area contributed by atoms with Crippen molar-refractivity contribution in [3.8, 4) is 0 Å². The van der Waals surface area contributed by atoms with Crippen molar-refractivity contribution in [2.45, 2.75) is 25.7 Å². The number of nitro groups is 1. The summed E-state index contributed by atoms with van der Waals surface area (Å²) < 4.78 is 0. The molecule has 4 nitrogen and oxygen atoms in total. The third kappa shape index (κ3) is 2.75. The molecule has 0 unspecified atom stereocenters. The molecule has 18 heavy (non-hydrogen) atoms. The maximum atomic E-state index is 11.1. The Labute approximate surface area is 112 Å². The zero-order valence-electron chi connectivity index (χ0n) is 10.4. The highest BCUT2D eigenvalue weighted by Crippen LogP contribution is 2.35. The van der Waals surface area contributed by atoms with Gasteiger partial charge in [0.2, 0.25) is 0 Å². The lowest BCUT2D eigenvalue weighted by atomic mass is 10.1. The summed E-state index contributed by atoms with van der Waals surface area (Å²) in [5, 5.41) is 11.3. The van der Waals surface area contributed by atoms with Gasteiger partial charge in [-0.3, -0.25) is 10.1 Å². The highest BCUT2D eigenvalue weighted by molar-refractivity contribution is 6.33. The first-order chi connectivity index (χ1) is 8.59. The number of halogens is 1. The molecule has 1 aromatic carbocycles. The molecule has 0 spiro atoms. The van der Waals surface area contributed by atoms with Crippen LogP contribution in [0.4, 0.5) is 11.4 Å². The highest BCUT2D eigenvalue weighted by Gasteiger charge is 2.23. The summed E-state index contributed by atoms with van der Waals surface area (Å²) in [4.78, 5) is 12.6. The van der Waals surface area contributed by atoms with E-state index < -0.39 is 4.92 Å². The van der Waals surface area contributed by atoms with Crippen molar-refractivity contribution in [2.75, 3.05) is 18.5 Å². The summed E-state index contributed by atoms with van der Waals surface area (Å²) in [6, 6.07) is 5.08. The molecule has 0 aromatic heterocycles. The monoisotopic (exact) mass is 268 g/mol. The number of anilines is 1. The first-order valence-corrected chi connectivity index (χ1v) is 6.61. The fourth-order valence-corrected chi connectivity index (χ4v) is 2.91. The fraction of sp³-hybridized carbons (Fsp3) is 0.538. The lowest BCUT2D eigenvalue weighted by Crippen LogP contribution is -2.24. The molecule has 0 aliphatic heterocycles. The lowest BCUT2D eigenvalue weighted by Gasteiger charge is -2.23. The quantitative estimate of drug-likeness (QED) is 0.615. The second-order valence-electron chi connectivity index (χ2n) is 4.90. The Morgan fingerprint density at radius 2 is 2.11 bits per heavy atom. The minimum atomic E-state index is -0.400. The Morgan fingerprint density at radius 1 is 1.44 bits per heavy atom. The predicted molar refractivity (Wildman–Crippen MR) is 73.3 cm³/mol. The molecule has 1 aromatic rings. The molecule has 98 valence electrons. The van der Waals surface area contributed by atoms with Crippen LogP contribution in [-0.2, 0) is 0 Å². The van der Waals surface area contributed by atoms with Crippen LogP contribution in [0, 0.1) is 16.0 Å². The van der Waals surface area contributed by atoms with Gasteiger partial charge in [-0.2, -0.15) is 0 Å². The molecule has 1 aliphatic carbocycles. The number of rotatable bonds is 4. The van der Waals surface area contributed by atoms with Gasteiger partial charge in [0.1, 0.15) is 10.7 Å². The van der Waals surface area contributed by atoms with Crippen molar-refractivity contribution >= 4 is 23.0 Å². The topological polar surface area (TPSA) is 46.4 Å². The third-order valence-electron chi connectivity index (χ3n) is 3.57. The number of para-hydroxylation sites is 1. The predicted octanol–water partition coefficient (Wildman–Crippen LogP) is 3.87. The third-order valence-corrected chi connectivity index (χ3v) is 3.87. The molecule has 1 fully saturated rings. The molecule has 0 saturated heterocycles. The summed E-state index contributed by atoms with van der Waals surface area (Å²) in [5.41, 5.74) is 0.624. The van der Waals surface area contributed by atoms with Gasteiger partial charge >= 0.3 is 5.69 Å². The molecule has 0 N–H and O–H groups in total. The van der Waals surface area contributed by atoms with E-state index in [9.17, 15) is 10.1 Å². The van der Waals surface area contributed by atoms with E-state index in [1.54, 1.807) is 18.2 Å². The zero-order chi connectivity index (χ0) is 13.1. The molecular formula is C13H17ClN2O2. The zero-order valence-corrected chi connectivity index (χ0v) is 11.2. The van der Waals surface area contributed by atoms with E-state index in [0.29, 0.717) is 11.6 Å². The number of hydrogen-bond donors (Lipinski definition) is 0. The van der Waals surface area contributed by atoms with Gasteiger partial charge in [0.15, 0.2) is 0 Å². The average molecular weight is 269 g/mol. The summed E-state index contributed by atoms with van der Waals surface area (Å²) in [6.45, 7) is 0.862. The fourth-order valence-electron chi connectivity index (χ4n) is 2.67. The van der Waals surface area contributed by atoms with Crippen LogP contribution in [0.5, 0.6) is 0 Å². The van der Waals surface area contributed by atoms with E-state index in [2.05, 4.69) is 0 Å². The first kappa shape index (κ1) is 13.1. The molecule has 0 amide bonds. The van der Waals surface area contributed by atoms with Crippen LogP contribution < -0.4 is 4.90 Å². The molecule has 0 radical (unpaired) electrons. The normalized spacial score (nSPS) is 15.9. The van der Waals surface area contributed by atoms with Crippen molar-refractivity contribution in [3.05, 3.63) is 33.3 Å². The maximum Gasteiger partial charge on any atom is 0.310 e. The summed E-state index contributed by atoms with van der Waals surface area (Å²) >= 11 is 5.92. The SMILES string of the molecule is CN(CC1CCCC1)c1cccc(Cl)c1[N+](=O)[O-]. The van der Waals surface area contributed by atoms with E-state index >= 15 is 0 Å². The summed E-state index contributed by atoms with van der Waals surface area (Å²) in [7, 11) is 1.90. The Morgan fingerprint density at radius 3 is 2.72 bits per heavy atom. The van der Waals surface area contributed by atoms with Crippen LogP contribution in [0.2, 0.25) is 5.02 Å². The maximum absolute atomic E-state index is 11.1. The molecular weight excluding hydrogens is 252 g/mol. The van der Waals surface area contributed by atoms with E-state index in [1.165, 1.54) is 25.7 Å². The van der Waals surface area contributed by atoms with Crippen LogP contribution >= 0.6 is 11.6 Å². The number of nitrogens with zero attached hydrogens (tertiary/aromatic N) is 2. The molecule has 0 bridgehead atoms. The van der Waals surface area contributed by atoms with Gasteiger partial charge in [-0.15, -0.1) is 0 Å². The Hall–Kier alpha value is -1.29. The van der Waals surface area contributed by atoms with Gasteiger partial charge in [0.05, 0.1) is 4.92 Å². The van der Waals surface area contributed by atoms with Gasteiger partial charge in [-0.25, -0.2) is 0 Å². The van der Waals surface area contributed by atoms with E-state index in [0.717, 1.165) is 6.54 Å². The highest BCUT2D eigenvalue weighted by atomic mass is 35.5. The Kier molecular flexibility index (Phi) is 4.07. The largest absolute Gasteiger partial charge is 0.369 e. The van der Waals surface area contributed by atoms with E-state index in [1.807, 2.05) is 11.9 Å². The second kappa shape index (κ2) is 5.57. The average Bonchev–Trinajstić information content (AvgIpc) is 2.80. The van der Waals surface area contributed by atoms with Crippen molar-refractivity contribution in [3.63, 3.8) is 0 Å².